The van der Waals surface area contributed by atoms with E-state index in [-0.39, 0.29) is 6.17 Å². The molecule has 0 saturated carbocycles. The molecule has 0 aliphatic carbocycles. The van der Waals surface area contributed by atoms with E-state index in [4.69, 9.17) is 17.3 Å². The van der Waals surface area contributed by atoms with Crippen molar-refractivity contribution in [1.82, 2.24) is 9.55 Å². The van der Waals surface area contributed by atoms with Gasteiger partial charge < -0.3 is 10.3 Å². The van der Waals surface area contributed by atoms with Gasteiger partial charge in [-0.15, -0.1) is 11.3 Å². The van der Waals surface area contributed by atoms with Gasteiger partial charge in [-0.05, 0) is 30.7 Å². The second-order valence-corrected chi connectivity index (χ2v) is 5.29. The normalized spacial score (nSPS) is 19.8. The summed E-state index contributed by atoms with van der Waals surface area (Å²) in [5.74, 6) is 0.919. The van der Waals surface area contributed by atoms with Gasteiger partial charge in [0, 0.05) is 0 Å². The summed E-state index contributed by atoms with van der Waals surface area (Å²) in [6, 6.07) is 4.07. The van der Waals surface area contributed by atoms with Crippen LogP contribution in [0.3, 0.4) is 0 Å². The Hall–Kier alpha value is -0.840. The molecule has 0 amide bonds. The molecule has 0 aromatic carbocycles. The van der Waals surface area contributed by atoms with Crippen molar-refractivity contribution < 1.29 is 0 Å². The smallest absolute Gasteiger partial charge is 0.153 e. The van der Waals surface area contributed by atoms with Crippen LogP contribution in [0, 0.1) is 0 Å². The van der Waals surface area contributed by atoms with Crippen molar-refractivity contribution in [2.24, 2.45) is 5.73 Å². The molecular weight excluding hydrogens is 242 g/mol. The van der Waals surface area contributed by atoms with Crippen LogP contribution < -0.4 is 5.73 Å². The van der Waals surface area contributed by atoms with Gasteiger partial charge in [0.25, 0.3) is 0 Å². The van der Waals surface area contributed by atoms with Crippen molar-refractivity contribution in [2.75, 3.05) is 0 Å². The summed E-state index contributed by atoms with van der Waals surface area (Å²) < 4.78 is 2.09. The van der Waals surface area contributed by atoms with Gasteiger partial charge in [-0.3, -0.25) is 0 Å². The van der Waals surface area contributed by atoms with Gasteiger partial charge in [0.15, 0.2) is 11.0 Å². The minimum Gasteiger partial charge on any atom is -0.311 e. The Labute approximate surface area is 103 Å². The van der Waals surface area contributed by atoms with Crippen LogP contribution in [0.4, 0.5) is 0 Å². The van der Waals surface area contributed by atoms with Crippen LogP contribution in [0.25, 0.3) is 10.7 Å². The van der Waals surface area contributed by atoms with Crippen molar-refractivity contribution in [2.45, 2.75) is 25.4 Å². The first-order valence-corrected chi connectivity index (χ1v) is 6.59. The van der Waals surface area contributed by atoms with E-state index in [1.54, 1.807) is 11.3 Å². The van der Waals surface area contributed by atoms with E-state index >= 15 is 0 Å². The molecule has 1 atom stereocenters. The number of halogens is 1. The van der Waals surface area contributed by atoms with E-state index < -0.39 is 0 Å². The largest absolute Gasteiger partial charge is 0.311 e. The highest BCUT2D eigenvalue weighted by atomic mass is 35.5. The second-order valence-electron chi connectivity index (χ2n) is 3.98. The first-order chi connectivity index (χ1) is 7.77. The lowest BCUT2D eigenvalue weighted by Crippen LogP contribution is -2.25. The Balaban J connectivity index is 2.20. The first kappa shape index (κ1) is 10.3. The Bertz CT molecular complexity index is 504. The highest BCUT2D eigenvalue weighted by molar-refractivity contribution is 7.13. The molecule has 3 rings (SSSR count). The molecule has 5 heteroatoms. The summed E-state index contributed by atoms with van der Waals surface area (Å²) in [4.78, 5) is 5.57. The monoisotopic (exact) mass is 253 g/mol. The molecule has 2 aromatic heterocycles. The van der Waals surface area contributed by atoms with Crippen LogP contribution in [0.15, 0.2) is 17.5 Å². The molecule has 1 aliphatic heterocycles. The summed E-state index contributed by atoms with van der Waals surface area (Å²) in [5, 5.41) is 2.65. The van der Waals surface area contributed by atoms with E-state index in [2.05, 4.69) is 15.6 Å². The first-order valence-electron chi connectivity index (χ1n) is 5.33. The summed E-state index contributed by atoms with van der Waals surface area (Å²) in [5.41, 5.74) is 7.22. The van der Waals surface area contributed by atoms with Gasteiger partial charge in [0.2, 0.25) is 0 Å². The quantitative estimate of drug-likeness (QED) is 0.849. The fraction of sp³-hybridized carbons (Fsp3) is 0.364. The Morgan fingerprint density at radius 1 is 1.56 bits per heavy atom. The standard InChI is InChI=1S/C11H12ClN3S/c12-10-7-3-1-5-9(13)15(7)11(14-10)8-4-2-6-16-8/h2,4,6,9H,1,3,5,13H2. The molecule has 16 heavy (non-hydrogen) atoms. The molecule has 0 bridgehead atoms. The molecule has 2 aromatic rings. The zero-order chi connectivity index (χ0) is 11.1. The maximum atomic E-state index is 6.16. The third kappa shape index (κ3) is 1.49. The van der Waals surface area contributed by atoms with Crippen LogP contribution >= 0.6 is 22.9 Å². The topological polar surface area (TPSA) is 43.8 Å². The van der Waals surface area contributed by atoms with E-state index in [1.807, 2.05) is 11.4 Å². The number of fused-ring (bicyclic) bond motifs is 1. The number of hydrogen-bond donors (Lipinski definition) is 1. The maximum Gasteiger partial charge on any atom is 0.153 e. The lowest BCUT2D eigenvalue weighted by atomic mass is 10.1. The van der Waals surface area contributed by atoms with Crippen LogP contribution in [0.2, 0.25) is 5.15 Å². The van der Waals surface area contributed by atoms with Crippen LogP contribution in [-0.4, -0.2) is 9.55 Å². The molecular formula is C11H12ClN3S. The zero-order valence-electron chi connectivity index (χ0n) is 8.69. The lowest BCUT2D eigenvalue weighted by Gasteiger charge is -2.23. The van der Waals surface area contributed by atoms with Gasteiger partial charge in [-0.1, -0.05) is 17.7 Å². The number of thiophene rings is 1. The van der Waals surface area contributed by atoms with E-state index in [1.165, 1.54) is 0 Å². The third-order valence-electron chi connectivity index (χ3n) is 2.95. The number of nitrogens with two attached hydrogens (primary N) is 1. The highest BCUT2D eigenvalue weighted by Crippen LogP contribution is 2.34. The van der Waals surface area contributed by atoms with Crippen LogP contribution in [0.1, 0.15) is 24.7 Å². The number of aromatic nitrogens is 2. The van der Waals surface area contributed by atoms with Crippen molar-refractivity contribution in [3.63, 3.8) is 0 Å². The van der Waals surface area contributed by atoms with Crippen molar-refractivity contribution in [3.8, 4) is 10.7 Å². The van der Waals surface area contributed by atoms with Crippen LogP contribution in [0.5, 0.6) is 0 Å². The van der Waals surface area contributed by atoms with Gasteiger partial charge in [-0.2, -0.15) is 0 Å². The van der Waals surface area contributed by atoms with Crippen molar-refractivity contribution in [1.29, 1.82) is 0 Å². The predicted molar refractivity (Wildman–Crippen MR) is 66.7 cm³/mol. The fourth-order valence-electron chi connectivity index (χ4n) is 2.21. The number of nitrogens with zero attached hydrogens (tertiary/aromatic N) is 2. The molecule has 1 unspecified atom stereocenters. The Kier molecular flexibility index (Phi) is 2.50. The SMILES string of the molecule is NC1CCCc2c(Cl)nc(-c3cccs3)n21. The lowest BCUT2D eigenvalue weighted by molar-refractivity contribution is 0.418. The number of rotatable bonds is 1. The van der Waals surface area contributed by atoms with Crippen LogP contribution in [-0.2, 0) is 6.42 Å². The van der Waals surface area contributed by atoms with E-state index in [9.17, 15) is 0 Å². The van der Waals surface area contributed by atoms with E-state index in [0.29, 0.717) is 5.15 Å². The summed E-state index contributed by atoms with van der Waals surface area (Å²) in [6.45, 7) is 0. The molecule has 2 N–H and O–H groups in total. The average Bonchev–Trinajstić information content (AvgIpc) is 2.87. The molecule has 0 fully saturated rings. The minimum atomic E-state index is 0.0147. The number of hydrogen-bond acceptors (Lipinski definition) is 3. The summed E-state index contributed by atoms with van der Waals surface area (Å²) in [7, 11) is 0. The van der Waals surface area contributed by atoms with Gasteiger partial charge in [-0.25, -0.2) is 4.98 Å². The van der Waals surface area contributed by atoms with E-state index in [0.717, 1.165) is 35.7 Å². The zero-order valence-corrected chi connectivity index (χ0v) is 10.3. The average molecular weight is 254 g/mol. The second kappa shape index (κ2) is 3.87. The van der Waals surface area contributed by atoms with Crippen molar-refractivity contribution >= 4 is 22.9 Å². The maximum absolute atomic E-state index is 6.16. The molecule has 3 nitrogen and oxygen atoms in total. The molecule has 1 aliphatic rings. The number of imidazole rings is 1. The third-order valence-corrected chi connectivity index (χ3v) is 4.12. The summed E-state index contributed by atoms with van der Waals surface area (Å²) in [6.07, 6.45) is 3.08. The Morgan fingerprint density at radius 3 is 3.19 bits per heavy atom. The molecule has 0 spiro atoms. The fourth-order valence-corrected chi connectivity index (χ4v) is 3.18. The highest BCUT2D eigenvalue weighted by Gasteiger charge is 2.24. The molecule has 3 heterocycles. The molecule has 0 saturated heterocycles. The Morgan fingerprint density at radius 2 is 2.44 bits per heavy atom. The predicted octanol–water partition coefficient (Wildman–Crippen LogP) is 3.06. The minimum absolute atomic E-state index is 0.0147. The summed E-state index contributed by atoms with van der Waals surface area (Å²) >= 11 is 7.83. The molecule has 0 radical (unpaired) electrons. The molecule has 84 valence electrons. The van der Waals surface area contributed by atoms with Gasteiger partial charge in [0.05, 0.1) is 16.7 Å². The van der Waals surface area contributed by atoms with Gasteiger partial charge >= 0.3 is 0 Å². The van der Waals surface area contributed by atoms with Crippen molar-refractivity contribution in [3.05, 3.63) is 28.4 Å². The van der Waals surface area contributed by atoms with Gasteiger partial charge in [0.1, 0.15) is 0 Å².